The van der Waals surface area contributed by atoms with Gasteiger partial charge in [-0.1, -0.05) is 0 Å². The van der Waals surface area contributed by atoms with E-state index >= 15 is 0 Å². The third kappa shape index (κ3) is 3.91. The van der Waals surface area contributed by atoms with Crippen LogP contribution in [0.25, 0.3) is 0 Å². The summed E-state index contributed by atoms with van der Waals surface area (Å²) in [6.45, 7) is 2.39. The molecule has 0 amide bonds. The first kappa shape index (κ1) is 13.3. The maximum atomic E-state index is 9.49. The molecule has 5 atom stereocenters. The fraction of sp³-hybridized carbons (Fsp3) is 1.00. The van der Waals surface area contributed by atoms with Gasteiger partial charge in [0.2, 0.25) is 0 Å². The smallest absolute Gasteiger partial charge is 0.154 e. The molecule has 0 spiro atoms. The van der Waals surface area contributed by atoms with Crippen LogP contribution in [0.4, 0.5) is 0 Å². The van der Waals surface area contributed by atoms with E-state index in [0.29, 0.717) is 18.9 Å². The summed E-state index contributed by atoms with van der Waals surface area (Å²) in [5.41, 5.74) is 0. The fourth-order valence-corrected chi connectivity index (χ4v) is 2.84. The summed E-state index contributed by atoms with van der Waals surface area (Å²) >= 11 is 0. The average Bonchev–Trinajstić information content (AvgIpc) is 2.28. The first-order valence-electron chi connectivity index (χ1n) is 6.78. The zero-order chi connectivity index (χ0) is 12.3. The van der Waals surface area contributed by atoms with E-state index in [2.05, 4.69) is 0 Å². The van der Waals surface area contributed by atoms with E-state index in [1.54, 1.807) is 6.92 Å². The Bertz CT molecular complexity index is 231. The van der Waals surface area contributed by atoms with Crippen molar-refractivity contribution in [2.45, 2.75) is 70.1 Å². The van der Waals surface area contributed by atoms with Gasteiger partial charge in [-0.25, -0.2) is 0 Å². The maximum Gasteiger partial charge on any atom is 0.154 e. The molecule has 100 valence electrons. The molecule has 17 heavy (non-hydrogen) atoms. The summed E-state index contributed by atoms with van der Waals surface area (Å²) in [5, 5.41) is 18.7. The Hall–Kier alpha value is -0.160. The lowest BCUT2D eigenvalue weighted by Crippen LogP contribution is -2.41. The van der Waals surface area contributed by atoms with Gasteiger partial charge in [0.25, 0.3) is 0 Å². The Morgan fingerprint density at radius 3 is 2.82 bits per heavy atom. The Labute approximate surface area is 103 Å². The van der Waals surface area contributed by atoms with Crippen LogP contribution in [0.1, 0.15) is 45.4 Å². The minimum atomic E-state index is -0.576. The van der Waals surface area contributed by atoms with E-state index in [0.717, 1.165) is 32.1 Å². The van der Waals surface area contributed by atoms with Gasteiger partial charge in [0.15, 0.2) is 6.29 Å². The number of aliphatic hydroxyl groups is 2. The molecule has 5 unspecified atom stereocenters. The third-order valence-corrected chi connectivity index (χ3v) is 3.89. The molecule has 0 radical (unpaired) electrons. The van der Waals surface area contributed by atoms with Crippen LogP contribution in [0.3, 0.4) is 0 Å². The van der Waals surface area contributed by atoms with E-state index in [-0.39, 0.29) is 18.3 Å². The number of rotatable bonds is 4. The maximum absolute atomic E-state index is 9.49. The molecule has 2 fully saturated rings. The highest BCUT2D eigenvalue weighted by Gasteiger charge is 2.36. The molecule has 1 aliphatic carbocycles. The van der Waals surface area contributed by atoms with Gasteiger partial charge in [0.05, 0.1) is 18.3 Å². The Morgan fingerprint density at radius 2 is 2.06 bits per heavy atom. The molecule has 1 aliphatic heterocycles. The summed E-state index contributed by atoms with van der Waals surface area (Å²) in [6.07, 6.45) is 5.18. The molecule has 1 saturated carbocycles. The van der Waals surface area contributed by atoms with Gasteiger partial charge < -0.3 is 19.7 Å². The van der Waals surface area contributed by atoms with Crippen LogP contribution < -0.4 is 0 Å². The number of fused-ring (bicyclic) bond motifs is 1. The molecule has 2 aliphatic rings. The number of aliphatic hydroxyl groups excluding tert-OH is 2. The number of hydrogen-bond acceptors (Lipinski definition) is 4. The molecule has 0 bridgehead atoms. The zero-order valence-corrected chi connectivity index (χ0v) is 10.5. The van der Waals surface area contributed by atoms with Gasteiger partial charge in [0, 0.05) is 13.0 Å². The lowest BCUT2D eigenvalue weighted by atomic mass is 9.80. The second-order valence-corrected chi connectivity index (χ2v) is 5.41. The molecule has 1 saturated heterocycles. The Morgan fingerprint density at radius 1 is 1.29 bits per heavy atom. The molecular weight excluding hydrogens is 220 g/mol. The van der Waals surface area contributed by atoms with Gasteiger partial charge in [0.1, 0.15) is 0 Å². The van der Waals surface area contributed by atoms with Gasteiger partial charge in [-0.3, -0.25) is 0 Å². The van der Waals surface area contributed by atoms with Gasteiger partial charge >= 0.3 is 0 Å². The quantitative estimate of drug-likeness (QED) is 0.785. The second-order valence-electron chi connectivity index (χ2n) is 5.41. The minimum Gasteiger partial charge on any atom is -0.393 e. The molecule has 0 aromatic heterocycles. The van der Waals surface area contributed by atoms with Crippen molar-refractivity contribution in [2.24, 2.45) is 5.92 Å². The van der Waals surface area contributed by atoms with Crippen molar-refractivity contribution < 1.29 is 19.7 Å². The van der Waals surface area contributed by atoms with E-state index in [9.17, 15) is 5.11 Å². The largest absolute Gasteiger partial charge is 0.393 e. The highest BCUT2D eigenvalue weighted by atomic mass is 16.6. The second kappa shape index (κ2) is 6.14. The normalized spacial score (nSPS) is 39.7. The molecule has 1 heterocycles. The molecular formula is C13H24O4. The molecule has 2 rings (SSSR count). The Kier molecular flexibility index (Phi) is 4.79. The van der Waals surface area contributed by atoms with Crippen molar-refractivity contribution >= 4 is 0 Å². The van der Waals surface area contributed by atoms with Crippen LogP contribution in [0.15, 0.2) is 0 Å². The monoisotopic (exact) mass is 244 g/mol. The highest BCUT2D eigenvalue weighted by molar-refractivity contribution is 4.84. The number of ether oxygens (including phenoxy) is 2. The summed E-state index contributed by atoms with van der Waals surface area (Å²) in [6, 6.07) is 0. The van der Waals surface area contributed by atoms with Crippen molar-refractivity contribution in [1.29, 1.82) is 0 Å². The van der Waals surface area contributed by atoms with Crippen LogP contribution in [-0.4, -0.2) is 41.4 Å². The van der Waals surface area contributed by atoms with Crippen molar-refractivity contribution in [3.63, 3.8) is 0 Å². The molecule has 0 aromatic rings. The van der Waals surface area contributed by atoms with E-state index in [4.69, 9.17) is 14.6 Å². The SMILES string of the molecule is CC(O)CCOC1CCC2CCC(O)OC2C1. The first-order valence-corrected chi connectivity index (χ1v) is 6.78. The topological polar surface area (TPSA) is 58.9 Å². The van der Waals surface area contributed by atoms with Crippen molar-refractivity contribution in [2.75, 3.05) is 6.61 Å². The highest BCUT2D eigenvalue weighted by Crippen LogP contribution is 2.36. The minimum absolute atomic E-state index is 0.170. The Balaban J connectivity index is 1.72. The molecule has 4 nitrogen and oxygen atoms in total. The van der Waals surface area contributed by atoms with Crippen molar-refractivity contribution in [1.82, 2.24) is 0 Å². The van der Waals surface area contributed by atoms with E-state index in [1.807, 2.05) is 0 Å². The predicted molar refractivity (Wildman–Crippen MR) is 63.5 cm³/mol. The third-order valence-electron chi connectivity index (χ3n) is 3.89. The van der Waals surface area contributed by atoms with Crippen LogP contribution in [0.2, 0.25) is 0 Å². The molecule has 4 heteroatoms. The van der Waals surface area contributed by atoms with Crippen molar-refractivity contribution in [3.05, 3.63) is 0 Å². The summed E-state index contributed by atoms with van der Waals surface area (Å²) in [7, 11) is 0. The van der Waals surface area contributed by atoms with Crippen LogP contribution in [-0.2, 0) is 9.47 Å². The summed E-state index contributed by atoms with van der Waals surface area (Å²) < 4.78 is 11.3. The van der Waals surface area contributed by atoms with Gasteiger partial charge in [-0.15, -0.1) is 0 Å². The summed E-state index contributed by atoms with van der Waals surface area (Å²) in [5.74, 6) is 0.606. The van der Waals surface area contributed by atoms with Gasteiger partial charge in [-0.05, 0) is 44.9 Å². The van der Waals surface area contributed by atoms with Crippen LogP contribution in [0, 0.1) is 5.92 Å². The van der Waals surface area contributed by atoms with Crippen LogP contribution >= 0.6 is 0 Å². The van der Waals surface area contributed by atoms with Gasteiger partial charge in [-0.2, -0.15) is 0 Å². The lowest BCUT2D eigenvalue weighted by molar-refractivity contribution is -0.203. The van der Waals surface area contributed by atoms with Crippen molar-refractivity contribution in [3.8, 4) is 0 Å². The number of hydrogen-bond donors (Lipinski definition) is 2. The summed E-state index contributed by atoms with van der Waals surface area (Å²) in [4.78, 5) is 0. The van der Waals surface area contributed by atoms with E-state index in [1.165, 1.54) is 0 Å². The lowest BCUT2D eigenvalue weighted by Gasteiger charge is -2.40. The zero-order valence-electron chi connectivity index (χ0n) is 10.5. The predicted octanol–water partition coefficient (Wildman–Crippen LogP) is 1.44. The standard InChI is InChI=1S/C13H24O4/c1-9(14)6-7-16-11-4-2-10-3-5-13(15)17-12(10)8-11/h9-15H,2-8H2,1H3. The first-order chi connectivity index (χ1) is 8.15. The van der Waals surface area contributed by atoms with Crippen LogP contribution in [0.5, 0.6) is 0 Å². The average molecular weight is 244 g/mol. The molecule has 2 N–H and O–H groups in total. The fourth-order valence-electron chi connectivity index (χ4n) is 2.84. The molecule has 0 aromatic carbocycles. The van der Waals surface area contributed by atoms with E-state index < -0.39 is 6.29 Å².